The number of rotatable bonds is 5. The zero-order chi connectivity index (χ0) is 12.8. The zero-order valence-corrected chi connectivity index (χ0v) is 9.38. The lowest BCUT2D eigenvalue weighted by Gasteiger charge is -2.11. The Labute approximate surface area is 98.5 Å². The minimum atomic E-state index is -0.816. The maximum absolute atomic E-state index is 11.6. The Kier molecular flexibility index (Phi) is 4.74. The molecule has 0 bridgehead atoms. The van der Waals surface area contributed by atoms with E-state index in [1.807, 2.05) is 0 Å². The molecule has 17 heavy (non-hydrogen) atoms. The predicted octanol–water partition coefficient (Wildman–Crippen LogP) is -0.165. The Morgan fingerprint density at radius 2 is 2.18 bits per heavy atom. The minimum Gasteiger partial charge on any atom is -0.508 e. The van der Waals surface area contributed by atoms with Crippen molar-refractivity contribution in [1.29, 1.82) is 0 Å². The van der Waals surface area contributed by atoms with Gasteiger partial charge >= 0.3 is 0 Å². The van der Waals surface area contributed by atoms with Crippen LogP contribution in [0, 0.1) is 0 Å². The fourth-order valence-corrected chi connectivity index (χ4v) is 1.26. The van der Waals surface area contributed by atoms with E-state index in [4.69, 9.17) is 4.74 Å². The number of methoxy groups -OCH3 is 1. The molecule has 0 aliphatic rings. The summed E-state index contributed by atoms with van der Waals surface area (Å²) in [6, 6.07) is 3.63. The van der Waals surface area contributed by atoms with E-state index in [1.165, 1.54) is 19.2 Å². The molecule has 6 heteroatoms. The quantitative estimate of drug-likeness (QED) is 0.537. The average Bonchev–Trinajstić information content (AvgIpc) is 2.29. The van der Waals surface area contributed by atoms with E-state index in [1.54, 1.807) is 0 Å². The Morgan fingerprint density at radius 1 is 1.47 bits per heavy atom. The van der Waals surface area contributed by atoms with Crippen LogP contribution in [0.4, 0.5) is 0 Å². The van der Waals surface area contributed by atoms with Crippen molar-refractivity contribution in [2.75, 3.05) is 20.3 Å². The molecule has 0 saturated heterocycles. The summed E-state index contributed by atoms with van der Waals surface area (Å²) in [7, 11) is 1.44. The molecule has 0 fully saturated rings. The van der Waals surface area contributed by atoms with Crippen LogP contribution in [0.1, 0.15) is 10.4 Å². The van der Waals surface area contributed by atoms with Crippen LogP contribution >= 0.6 is 0 Å². The molecule has 0 heterocycles. The van der Waals surface area contributed by atoms with Gasteiger partial charge in [0.2, 0.25) is 0 Å². The third kappa shape index (κ3) is 3.93. The van der Waals surface area contributed by atoms with Gasteiger partial charge in [-0.1, -0.05) is 0 Å². The molecule has 1 amide bonds. The number of benzene rings is 1. The Hall–Kier alpha value is -1.79. The number of aromatic hydroxyl groups is 2. The maximum atomic E-state index is 11.6. The van der Waals surface area contributed by atoms with E-state index in [0.29, 0.717) is 0 Å². The fraction of sp³-hybridized carbons (Fsp3) is 0.364. The molecule has 0 radical (unpaired) electrons. The Balaban J connectivity index is 2.61. The van der Waals surface area contributed by atoms with Gasteiger partial charge in [0.1, 0.15) is 11.5 Å². The van der Waals surface area contributed by atoms with E-state index >= 15 is 0 Å². The van der Waals surface area contributed by atoms with Gasteiger partial charge in [0.25, 0.3) is 5.91 Å². The first-order chi connectivity index (χ1) is 8.04. The summed E-state index contributed by atoms with van der Waals surface area (Å²) in [5, 5.41) is 30.3. The monoisotopic (exact) mass is 241 g/mol. The highest BCUT2D eigenvalue weighted by Crippen LogP contribution is 2.21. The number of aliphatic hydroxyl groups is 1. The molecule has 0 aromatic heterocycles. The molecule has 0 spiro atoms. The number of phenolic OH excluding ortho intramolecular Hbond substituents is 2. The summed E-state index contributed by atoms with van der Waals surface area (Å²) in [6.07, 6.45) is -0.816. The highest BCUT2D eigenvalue weighted by molar-refractivity contribution is 5.97. The van der Waals surface area contributed by atoms with E-state index in [9.17, 15) is 20.1 Å². The van der Waals surface area contributed by atoms with Gasteiger partial charge in [-0.3, -0.25) is 4.79 Å². The number of carbonyl (C=O) groups is 1. The van der Waals surface area contributed by atoms with Gasteiger partial charge in [-0.05, 0) is 18.2 Å². The van der Waals surface area contributed by atoms with Gasteiger partial charge in [-0.2, -0.15) is 0 Å². The first kappa shape index (κ1) is 13.3. The van der Waals surface area contributed by atoms with Crippen LogP contribution < -0.4 is 5.32 Å². The third-order valence-corrected chi connectivity index (χ3v) is 2.08. The van der Waals surface area contributed by atoms with Crippen LogP contribution in [-0.2, 0) is 4.74 Å². The molecular weight excluding hydrogens is 226 g/mol. The number of nitrogens with one attached hydrogen (secondary N) is 1. The summed E-state index contributed by atoms with van der Waals surface area (Å²) in [4.78, 5) is 11.6. The lowest BCUT2D eigenvalue weighted by molar-refractivity contribution is 0.0609. The van der Waals surface area contributed by atoms with E-state index in [-0.39, 0.29) is 30.2 Å². The zero-order valence-electron chi connectivity index (χ0n) is 9.38. The maximum Gasteiger partial charge on any atom is 0.255 e. The number of carbonyl (C=O) groups excluding carboxylic acids is 1. The number of aliphatic hydroxyl groups excluding tert-OH is 1. The van der Waals surface area contributed by atoms with Crippen molar-refractivity contribution in [2.24, 2.45) is 0 Å². The highest BCUT2D eigenvalue weighted by atomic mass is 16.5. The number of amides is 1. The summed E-state index contributed by atoms with van der Waals surface area (Å²) < 4.78 is 4.69. The Morgan fingerprint density at radius 3 is 2.82 bits per heavy atom. The molecular formula is C11H15NO5. The van der Waals surface area contributed by atoms with Gasteiger partial charge in [0.05, 0.1) is 18.3 Å². The van der Waals surface area contributed by atoms with Gasteiger partial charge in [0, 0.05) is 13.7 Å². The molecule has 1 aromatic carbocycles. The van der Waals surface area contributed by atoms with Crippen LogP contribution in [0.5, 0.6) is 11.5 Å². The molecule has 94 valence electrons. The van der Waals surface area contributed by atoms with E-state index < -0.39 is 12.0 Å². The lowest BCUT2D eigenvalue weighted by atomic mass is 10.1. The molecule has 4 N–H and O–H groups in total. The first-order valence-corrected chi connectivity index (χ1v) is 5.01. The van der Waals surface area contributed by atoms with Crippen molar-refractivity contribution in [3.63, 3.8) is 0 Å². The molecule has 0 aliphatic heterocycles. The van der Waals surface area contributed by atoms with Gasteiger partial charge in [0.15, 0.2) is 0 Å². The SMILES string of the molecule is COCC(O)CNC(=O)c1cc(O)ccc1O. The summed E-state index contributed by atoms with van der Waals surface area (Å²) >= 11 is 0. The molecule has 1 unspecified atom stereocenters. The van der Waals surface area contributed by atoms with Crippen molar-refractivity contribution in [3.05, 3.63) is 23.8 Å². The molecule has 1 aromatic rings. The van der Waals surface area contributed by atoms with Crippen LogP contribution in [0.3, 0.4) is 0 Å². The number of ether oxygens (including phenoxy) is 1. The summed E-state index contributed by atoms with van der Waals surface area (Å²) in [5.41, 5.74) is -0.0467. The molecule has 0 aliphatic carbocycles. The smallest absolute Gasteiger partial charge is 0.255 e. The standard InChI is InChI=1S/C11H15NO5/c1-17-6-8(14)5-12-11(16)9-4-7(13)2-3-10(9)15/h2-4,8,13-15H,5-6H2,1H3,(H,12,16). The summed E-state index contributed by atoms with van der Waals surface area (Å²) in [6.45, 7) is 0.105. The fourth-order valence-electron chi connectivity index (χ4n) is 1.26. The van der Waals surface area contributed by atoms with Crippen LogP contribution in [0.2, 0.25) is 0 Å². The number of hydrogen-bond donors (Lipinski definition) is 4. The Bertz CT molecular complexity index is 393. The first-order valence-electron chi connectivity index (χ1n) is 5.01. The topological polar surface area (TPSA) is 99.0 Å². The van der Waals surface area contributed by atoms with Gasteiger partial charge < -0.3 is 25.4 Å². The second kappa shape index (κ2) is 6.07. The van der Waals surface area contributed by atoms with Crippen molar-refractivity contribution in [1.82, 2.24) is 5.32 Å². The van der Waals surface area contributed by atoms with Crippen LogP contribution in [0.15, 0.2) is 18.2 Å². The number of hydrogen-bond acceptors (Lipinski definition) is 5. The average molecular weight is 241 g/mol. The third-order valence-electron chi connectivity index (χ3n) is 2.08. The van der Waals surface area contributed by atoms with Gasteiger partial charge in [-0.25, -0.2) is 0 Å². The second-order valence-electron chi connectivity index (χ2n) is 3.52. The predicted molar refractivity (Wildman–Crippen MR) is 60.0 cm³/mol. The van der Waals surface area contributed by atoms with E-state index in [0.717, 1.165) is 6.07 Å². The van der Waals surface area contributed by atoms with Crippen LogP contribution in [0.25, 0.3) is 0 Å². The normalized spacial score (nSPS) is 12.1. The largest absolute Gasteiger partial charge is 0.508 e. The molecule has 6 nitrogen and oxygen atoms in total. The van der Waals surface area contributed by atoms with Crippen molar-refractivity contribution >= 4 is 5.91 Å². The van der Waals surface area contributed by atoms with E-state index in [2.05, 4.69) is 5.32 Å². The molecule has 1 atom stereocenters. The highest BCUT2D eigenvalue weighted by Gasteiger charge is 2.13. The van der Waals surface area contributed by atoms with Crippen molar-refractivity contribution in [2.45, 2.75) is 6.10 Å². The summed E-state index contributed by atoms with van der Waals surface area (Å²) in [5.74, 6) is -0.930. The second-order valence-corrected chi connectivity index (χ2v) is 3.52. The minimum absolute atomic E-state index is 0.00176. The molecule has 1 rings (SSSR count). The van der Waals surface area contributed by atoms with Gasteiger partial charge in [-0.15, -0.1) is 0 Å². The lowest BCUT2D eigenvalue weighted by Crippen LogP contribution is -2.34. The van der Waals surface area contributed by atoms with Crippen molar-refractivity contribution in [3.8, 4) is 11.5 Å². The van der Waals surface area contributed by atoms with Crippen molar-refractivity contribution < 1.29 is 24.9 Å². The molecule has 0 saturated carbocycles. The number of phenols is 2. The van der Waals surface area contributed by atoms with Crippen LogP contribution in [-0.4, -0.2) is 47.6 Å².